The van der Waals surface area contributed by atoms with Crippen LogP contribution in [0.2, 0.25) is 0 Å². The SMILES string of the molecule is CC(C)(C)OC(=O)N1CC=C(c2cc3c(Nc4ccc5scnc5c4F)ccnc3s2)C1(C)C. The third-order valence-electron chi connectivity index (χ3n) is 5.84. The van der Waals surface area contributed by atoms with Gasteiger partial charge in [0.05, 0.1) is 27.1 Å². The summed E-state index contributed by atoms with van der Waals surface area (Å²) in [6.07, 6.45) is 3.45. The molecular formula is C25H25FN4O2S2. The number of rotatable bonds is 3. The van der Waals surface area contributed by atoms with Crippen molar-refractivity contribution in [2.75, 3.05) is 11.9 Å². The van der Waals surface area contributed by atoms with E-state index in [0.29, 0.717) is 17.7 Å². The molecule has 0 aliphatic carbocycles. The van der Waals surface area contributed by atoms with E-state index in [2.05, 4.69) is 27.4 Å². The summed E-state index contributed by atoms with van der Waals surface area (Å²) in [7, 11) is 0. The van der Waals surface area contributed by atoms with Crippen LogP contribution in [0.5, 0.6) is 0 Å². The molecule has 0 spiro atoms. The number of halogens is 1. The number of pyridine rings is 1. The largest absolute Gasteiger partial charge is 0.444 e. The summed E-state index contributed by atoms with van der Waals surface area (Å²) in [6.45, 7) is 10.1. The van der Waals surface area contributed by atoms with Gasteiger partial charge in [0.1, 0.15) is 15.9 Å². The number of nitrogens with one attached hydrogen (secondary N) is 1. The van der Waals surface area contributed by atoms with Crippen LogP contribution in [-0.4, -0.2) is 38.6 Å². The van der Waals surface area contributed by atoms with Crippen LogP contribution in [0, 0.1) is 5.82 Å². The maximum Gasteiger partial charge on any atom is 0.411 e. The van der Waals surface area contributed by atoms with Gasteiger partial charge in [-0.2, -0.15) is 0 Å². The number of fused-ring (bicyclic) bond motifs is 2. The number of carbonyl (C=O) groups is 1. The van der Waals surface area contributed by atoms with Crippen LogP contribution in [-0.2, 0) is 4.74 Å². The zero-order valence-corrected chi connectivity index (χ0v) is 21.2. The normalized spacial score (nSPS) is 15.7. The van der Waals surface area contributed by atoms with Crippen LogP contribution in [0.3, 0.4) is 0 Å². The number of nitrogens with zero attached hydrogens (tertiary/aromatic N) is 3. The second-order valence-electron chi connectivity index (χ2n) is 9.71. The Balaban J connectivity index is 1.47. The number of anilines is 2. The van der Waals surface area contributed by atoms with Crippen molar-refractivity contribution in [2.24, 2.45) is 0 Å². The Bertz CT molecular complexity index is 1450. The van der Waals surface area contributed by atoms with Gasteiger partial charge >= 0.3 is 6.09 Å². The fourth-order valence-electron chi connectivity index (χ4n) is 4.15. The van der Waals surface area contributed by atoms with E-state index in [-0.39, 0.29) is 11.9 Å². The highest BCUT2D eigenvalue weighted by Gasteiger charge is 2.41. The summed E-state index contributed by atoms with van der Waals surface area (Å²) in [4.78, 5) is 25.1. The number of aromatic nitrogens is 2. The Morgan fingerprint density at radius 2 is 2.00 bits per heavy atom. The molecule has 0 radical (unpaired) electrons. The Morgan fingerprint density at radius 3 is 2.76 bits per heavy atom. The molecule has 0 saturated heterocycles. The van der Waals surface area contributed by atoms with Crippen LogP contribution >= 0.6 is 22.7 Å². The molecule has 4 heterocycles. The molecule has 1 N–H and O–H groups in total. The lowest BCUT2D eigenvalue weighted by Crippen LogP contribution is -2.46. The van der Waals surface area contributed by atoms with Gasteiger partial charge in [-0.25, -0.2) is 19.2 Å². The Hall–Kier alpha value is -3.04. The number of thiazole rings is 1. The van der Waals surface area contributed by atoms with Crippen LogP contribution < -0.4 is 5.32 Å². The quantitative estimate of drug-likeness (QED) is 0.325. The Morgan fingerprint density at radius 1 is 1.21 bits per heavy atom. The molecule has 0 unspecified atom stereocenters. The third-order valence-corrected chi connectivity index (χ3v) is 7.71. The van der Waals surface area contributed by atoms with E-state index in [1.807, 2.05) is 46.8 Å². The van der Waals surface area contributed by atoms with Crippen LogP contribution in [0.4, 0.5) is 20.6 Å². The van der Waals surface area contributed by atoms with Crippen LogP contribution in [0.15, 0.2) is 42.0 Å². The summed E-state index contributed by atoms with van der Waals surface area (Å²) in [6, 6.07) is 7.50. The van der Waals surface area contributed by atoms with Gasteiger partial charge in [-0.1, -0.05) is 6.08 Å². The molecule has 6 nitrogen and oxygen atoms in total. The second-order valence-corrected chi connectivity index (χ2v) is 11.6. The third kappa shape index (κ3) is 3.92. The number of benzene rings is 1. The maximum atomic E-state index is 15.0. The first-order chi connectivity index (χ1) is 16.0. The smallest absolute Gasteiger partial charge is 0.411 e. The van der Waals surface area contributed by atoms with Gasteiger partial charge in [0.2, 0.25) is 0 Å². The van der Waals surface area contributed by atoms with Crippen molar-refractivity contribution >= 4 is 66.1 Å². The standard InChI is InChI=1S/C25H25FN4O2S2/c1-24(2,3)32-23(31)30-11-9-15(25(30,4)5)19-12-14-16(8-10-27-22(14)34-19)29-17-6-7-18-21(20(17)26)28-13-33-18/h6-10,12-13H,11H2,1-5H3,(H,27,29). The molecule has 9 heteroatoms. The first-order valence-corrected chi connectivity index (χ1v) is 12.6. The molecule has 1 aliphatic heterocycles. The van der Waals surface area contributed by atoms with Crippen LogP contribution in [0.25, 0.3) is 26.0 Å². The molecule has 1 amide bonds. The van der Waals surface area contributed by atoms with E-state index in [1.165, 1.54) is 11.3 Å². The molecule has 1 aromatic carbocycles. The minimum absolute atomic E-state index is 0.335. The minimum atomic E-state index is -0.561. The number of hydrogen-bond donors (Lipinski definition) is 1. The topological polar surface area (TPSA) is 67.3 Å². The lowest BCUT2D eigenvalue weighted by Gasteiger charge is -2.35. The molecule has 34 heavy (non-hydrogen) atoms. The zero-order valence-electron chi connectivity index (χ0n) is 19.6. The Kier molecular flexibility index (Phi) is 5.37. The van der Waals surface area contributed by atoms with Crippen molar-refractivity contribution in [3.05, 3.63) is 52.7 Å². The van der Waals surface area contributed by atoms with Gasteiger partial charge < -0.3 is 10.1 Å². The average Bonchev–Trinajstić information content (AvgIpc) is 3.45. The number of hydrogen-bond acceptors (Lipinski definition) is 7. The van der Waals surface area contributed by atoms with Gasteiger partial charge in [-0.15, -0.1) is 22.7 Å². The highest BCUT2D eigenvalue weighted by Crippen LogP contribution is 2.43. The number of thiophene rings is 1. The van der Waals surface area contributed by atoms with Crippen LogP contribution in [0.1, 0.15) is 39.5 Å². The van der Waals surface area contributed by atoms with Gasteiger partial charge in [-0.05, 0) is 64.5 Å². The fraction of sp³-hybridized carbons (Fsp3) is 0.320. The lowest BCUT2D eigenvalue weighted by molar-refractivity contribution is 0.0172. The first kappa shape index (κ1) is 22.7. The second kappa shape index (κ2) is 8.02. The van der Waals surface area contributed by atoms with E-state index in [9.17, 15) is 9.18 Å². The minimum Gasteiger partial charge on any atom is -0.444 e. The van der Waals surface area contributed by atoms with Gasteiger partial charge in [0.25, 0.3) is 0 Å². The van der Waals surface area contributed by atoms with Crippen molar-refractivity contribution < 1.29 is 13.9 Å². The average molecular weight is 497 g/mol. The number of ether oxygens (including phenoxy) is 1. The van der Waals surface area contributed by atoms with E-state index < -0.39 is 11.1 Å². The summed E-state index contributed by atoms with van der Waals surface area (Å²) >= 11 is 2.96. The predicted molar refractivity (Wildman–Crippen MR) is 137 cm³/mol. The fourth-order valence-corrected chi connectivity index (χ4v) is 6.04. The van der Waals surface area contributed by atoms with Gasteiger partial charge in [0, 0.05) is 23.0 Å². The summed E-state index contributed by atoms with van der Waals surface area (Å²) in [5.74, 6) is -0.369. The maximum absolute atomic E-state index is 15.0. The highest BCUT2D eigenvalue weighted by molar-refractivity contribution is 7.19. The molecule has 0 fully saturated rings. The molecule has 176 valence electrons. The molecule has 0 atom stereocenters. The summed E-state index contributed by atoms with van der Waals surface area (Å²) in [5, 5.41) is 4.12. The van der Waals surface area contributed by atoms with Crippen molar-refractivity contribution in [2.45, 2.75) is 45.8 Å². The van der Waals surface area contributed by atoms with Gasteiger partial charge in [0.15, 0.2) is 5.82 Å². The first-order valence-electron chi connectivity index (χ1n) is 10.9. The lowest BCUT2D eigenvalue weighted by atomic mass is 9.94. The van der Waals surface area contributed by atoms with E-state index in [4.69, 9.17) is 4.74 Å². The van der Waals surface area contributed by atoms with E-state index in [1.54, 1.807) is 34.0 Å². The van der Waals surface area contributed by atoms with Crippen molar-refractivity contribution in [3.63, 3.8) is 0 Å². The number of carbonyl (C=O) groups excluding carboxylic acids is 1. The van der Waals surface area contributed by atoms with Gasteiger partial charge in [-0.3, -0.25) is 4.90 Å². The molecule has 0 bridgehead atoms. The molecule has 5 rings (SSSR count). The van der Waals surface area contributed by atoms with Crippen molar-refractivity contribution in [1.82, 2.24) is 14.9 Å². The molecule has 1 aliphatic rings. The molecule has 3 aromatic heterocycles. The summed E-state index contributed by atoms with van der Waals surface area (Å²) < 4.78 is 21.4. The van der Waals surface area contributed by atoms with E-state index >= 15 is 0 Å². The van der Waals surface area contributed by atoms with Crippen molar-refractivity contribution in [1.29, 1.82) is 0 Å². The monoisotopic (exact) mass is 496 g/mol. The summed E-state index contributed by atoms with van der Waals surface area (Å²) in [5.41, 5.74) is 3.09. The molecule has 4 aromatic rings. The van der Waals surface area contributed by atoms with E-state index in [0.717, 1.165) is 31.1 Å². The zero-order chi connectivity index (χ0) is 24.3. The predicted octanol–water partition coefficient (Wildman–Crippen LogP) is 7.20. The van der Waals surface area contributed by atoms with Crippen molar-refractivity contribution in [3.8, 4) is 0 Å². The number of amides is 1. The highest BCUT2D eigenvalue weighted by atomic mass is 32.1. The molecule has 0 saturated carbocycles. The Labute approximate surface area is 205 Å². The molecular weight excluding hydrogens is 471 g/mol.